The Bertz CT molecular complexity index is 449. The largest absolute Gasteiger partial charge is 0.369 e. The summed E-state index contributed by atoms with van der Waals surface area (Å²) in [5, 5.41) is 8.91. The fourth-order valence-corrected chi connectivity index (χ4v) is 2.30. The fourth-order valence-electron chi connectivity index (χ4n) is 2.30. The van der Waals surface area contributed by atoms with E-state index in [4.69, 9.17) is 5.26 Å². The predicted molar refractivity (Wildman–Crippen MR) is 55.0 cm³/mol. The van der Waals surface area contributed by atoms with Crippen LogP contribution in [0.5, 0.6) is 0 Å². The Morgan fingerprint density at radius 3 is 2.67 bits per heavy atom. The monoisotopic (exact) mass is 202 g/mol. The quantitative estimate of drug-likeness (QED) is 0.698. The molecule has 1 aliphatic heterocycles. The zero-order chi connectivity index (χ0) is 10.5. The van der Waals surface area contributed by atoms with Crippen molar-refractivity contribution in [3.05, 3.63) is 29.6 Å². The van der Waals surface area contributed by atoms with Gasteiger partial charge in [0.15, 0.2) is 0 Å². The summed E-state index contributed by atoms with van der Waals surface area (Å²) in [5.41, 5.74) is 1.89. The van der Waals surface area contributed by atoms with Gasteiger partial charge in [-0.3, -0.25) is 0 Å². The van der Waals surface area contributed by atoms with Crippen LogP contribution in [-0.2, 0) is 0 Å². The summed E-state index contributed by atoms with van der Waals surface area (Å²) in [4.78, 5) is 2.17. The second-order valence-corrected chi connectivity index (χ2v) is 4.63. The van der Waals surface area contributed by atoms with Crippen molar-refractivity contribution in [1.82, 2.24) is 0 Å². The van der Waals surface area contributed by atoms with Crippen LogP contribution in [-0.4, -0.2) is 13.1 Å². The highest BCUT2D eigenvalue weighted by Gasteiger charge is 2.52. The smallest absolute Gasteiger partial charge is 0.124 e. The zero-order valence-electron chi connectivity index (χ0n) is 8.33. The number of hydrogen-bond acceptors (Lipinski definition) is 2. The van der Waals surface area contributed by atoms with Crippen LogP contribution in [0.15, 0.2) is 18.2 Å². The Morgan fingerprint density at radius 2 is 2.07 bits per heavy atom. The average molecular weight is 202 g/mol. The Morgan fingerprint density at radius 1 is 1.33 bits per heavy atom. The molecule has 3 rings (SSSR count). The molecule has 2 nitrogen and oxygen atoms in total. The third kappa shape index (κ3) is 1.29. The summed E-state index contributed by atoms with van der Waals surface area (Å²) in [7, 11) is 0. The second-order valence-electron chi connectivity index (χ2n) is 4.63. The van der Waals surface area contributed by atoms with Crippen molar-refractivity contribution in [3.8, 4) is 6.07 Å². The molecule has 0 aromatic heterocycles. The molecular weight excluding hydrogens is 191 g/mol. The standard InChI is InChI=1S/C12H11FN2/c13-10-1-2-11(9(5-10)6-14)15-7-12(8-15)3-4-12/h1-2,5H,3-4,7-8H2. The maximum absolute atomic E-state index is 12.9. The SMILES string of the molecule is N#Cc1cc(F)ccc1N1CC2(CC2)C1. The van der Waals surface area contributed by atoms with Crippen LogP contribution in [0.25, 0.3) is 0 Å². The lowest BCUT2D eigenvalue weighted by atomic mass is 9.95. The molecule has 2 fully saturated rings. The van der Waals surface area contributed by atoms with Crippen LogP contribution in [0.1, 0.15) is 18.4 Å². The van der Waals surface area contributed by atoms with E-state index in [1.807, 2.05) is 0 Å². The number of benzene rings is 1. The van der Waals surface area contributed by atoms with Crippen LogP contribution in [0.3, 0.4) is 0 Å². The molecule has 1 aliphatic carbocycles. The van der Waals surface area contributed by atoms with E-state index in [-0.39, 0.29) is 5.82 Å². The number of hydrogen-bond donors (Lipinski definition) is 0. The summed E-state index contributed by atoms with van der Waals surface area (Å²) in [6.07, 6.45) is 2.62. The number of nitrogens with zero attached hydrogens (tertiary/aromatic N) is 2. The van der Waals surface area contributed by atoms with Gasteiger partial charge >= 0.3 is 0 Å². The van der Waals surface area contributed by atoms with Crippen molar-refractivity contribution < 1.29 is 4.39 Å². The first kappa shape index (κ1) is 8.72. The number of nitriles is 1. The van der Waals surface area contributed by atoms with E-state index in [1.165, 1.54) is 25.0 Å². The van der Waals surface area contributed by atoms with E-state index < -0.39 is 0 Å². The number of rotatable bonds is 1. The molecule has 2 aliphatic rings. The van der Waals surface area contributed by atoms with Crippen molar-refractivity contribution in [2.75, 3.05) is 18.0 Å². The third-order valence-corrected chi connectivity index (χ3v) is 3.43. The Hall–Kier alpha value is -1.56. The first-order valence-corrected chi connectivity index (χ1v) is 5.17. The molecule has 1 spiro atoms. The van der Waals surface area contributed by atoms with Crippen molar-refractivity contribution >= 4 is 5.69 Å². The fraction of sp³-hybridized carbons (Fsp3) is 0.417. The molecule has 76 valence electrons. The second kappa shape index (κ2) is 2.73. The van der Waals surface area contributed by atoms with Crippen molar-refractivity contribution in [2.24, 2.45) is 5.41 Å². The first-order valence-electron chi connectivity index (χ1n) is 5.17. The van der Waals surface area contributed by atoms with Crippen LogP contribution in [0.2, 0.25) is 0 Å². The molecule has 0 bridgehead atoms. The van der Waals surface area contributed by atoms with Crippen molar-refractivity contribution in [1.29, 1.82) is 5.26 Å². The lowest BCUT2D eigenvalue weighted by molar-refractivity contribution is 0.387. The average Bonchev–Trinajstić information content (AvgIpc) is 2.95. The number of halogens is 1. The Balaban J connectivity index is 1.89. The van der Waals surface area contributed by atoms with Gasteiger partial charge in [-0.2, -0.15) is 5.26 Å². The molecule has 0 radical (unpaired) electrons. The van der Waals surface area contributed by atoms with Crippen molar-refractivity contribution in [3.63, 3.8) is 0 Å². The topological polar surface area (TPSA) is 27.0 Å². The molecule has 1 saturated carbocycles. The van der Waals surface area contributed by atoms with Crippen LogP contribution in [0, 0.1) is 22.6 Å². The zero-order valence-corrected chi connectivity index (χ0v) is 8.33. The molecule has 0 N–H and O–H groups in total. The molecule has 1 aromatic rings. The molecule has 0 unspecified atom stereocenters. The number of anilines is 1. The molecule has 3 heteroatoms. The van der Waals surface area contributed by atoms with Gasteiger partial charge in [-0.05, 0) is 31.0 Å². The van der Waals surface area contributed by atoms with E-state index >= 15 is 0 Å². The highest BCUT2D eigenvalue weighted by Crippen LogP contribution is 2.54. The molecular formula is C12H11FN2. The van der Waals surface area contributed by atoms with E-state index in [2.05, 4.69) is 11.0 Å². The van der Waals surface area contributed by atoms with Gasteiger partial charge in [0.2, 0.25) is 0 Å². The van der Waals surface area contributed by atoms with E-state index in [9.17, 15) is 4.39 Å². The summed E-state index contributed by atoms with van der Waals surface area (Å²) in [6, 6.07) is 6.50. The predicted octanol–water partition coefficient (Wildman–Crippen LogP) is 2.30. The van der Waals surface area contributed by atoms with Gasteiger partial charge in [-0.1, -0.05) is 0 Å². The molecule has 1 heterocycles. The lowest BCUT2D eigenvalue weighted by Crippen LogP contribution is -2.48. The van der Waals surface area contributed by atoms with Crippen molar-refractivity contribution in [2.45, 2.75) is 12.8 Å². The lowest BCUT2D eigenvalue weighted by Gasteiger charge is -2.42. The highest BCUT2D eigenvalue weighted by atomic mass is 19.1. The van der Waals surface area contributed by atoms with E-state index in [0.717, 1.165) is 18.8 Å². The minimum atomic E-state index is -0.336. The molecule has 1 aromatic carbocycles. The van der Waals surface area contributed by atoms with Crippen LogP contribution in [0.4, 0.5) is 10.1 Å². The Labute approximate surface area is 87.9 Å². The van der Waals surface area contributed by atoms with Gasteiger partial charge in [0.05, 0.1) is 11.3 Å². The normalized spacial score (nSPS) is 20.9. The van der Waals surface area contributed by atoms with Gasteiger partial charge in [0.25, 0.3) is 0 Å². The van der Waals surface area contributed by atoms with E-state index in [1.54, 1.807) is 6.07 Å². The maximum atomic E-state index is 12.9. The molecule has 1 saturated heterocycles. The Kier molecular flexibility index (Phi) is 1.59. The van der Waals surface area contributed by atoms with E-state index in [0.29, 0.717) is 11.0 Å². The van der Waals surface area contributed by atoms with Gasteiger partial charge in [-0.25, -0.2) is 4.39 Å². The summed E-state index contributed by atoms with van der Waals surface area (Å²) < 4.78 is 12.9. The highest BCUT2D eigenvalue weighted by molar-refractivity contribution is 5.61. The third-order valence-electron chi connectivity index (χ3n) is 3.43. The molecule has 0 amide bonds. The van der Waals surface area contributed by atoms with Crippen LogP contribution >= 0.6 is 0 Å². The van der Waals surface area contributed by atoms with Gasteiger partial charge in [-0.15, -0.1) is 0 Å². The minimum Gasteiger partial charge on any atom is -0.369 e. The van der Waals surface area contributed by atoms with Crippen LogP contribution < -0.4 is 4.90 Å². The summed E-state index contributed by atoms with van der Waals surface area (Å²) in [5.74, 6) is -0.336. The summed E-state index contributed by atoms with van der Waals surface area (Å²) >= 11 is 0. The maximum Gasteiger partial charge on any atom is 0.124 e. The van der Waals surface area contributed by atoms with Gasteiger partial charge in [0.1, 0.15) is 11.9 Å². The molecule has 15 heavy (non-hydrogen) atoms. The minimum absolute atomic E-state index is 0.336. The molecule has 0 atom stereocenters. The van der Waals surface area contributed by atoms with Gasteiger partial charge < -0.3 is 4.90 Å². The summed E-state index contributed by atoms with van der Waals surface area (Å²) in [6.45, 7) is 2.07. The first-order chi connectivity index (χ1) is 7.22. The van der Waals surface area contributed by atoms with Gasteiger partial charge in [0, 0.05) is 18.5 Å².